The SMILES string of the molecule is CC(CCS(C)=O)NC(=O)c1ccc(Br)cn1. The Morgan fingerprint density at radius 3 is 2.82 bits per heavy atom. The van der Waals surface area contributed by atoms with Gasteiger partial charge >= 0.3 is 0 Å². The number of nitrogens with zero attached hydrogens (tertiary/aromatic N) is 1. The molecule has 0 spiro atoms. The summed E-state index contributed by atoms with van der Waals surface area (Å²) in [6.45, 7) is 1.89. The zero-order chi connectivity index (χ0) is 12.8. The fourth-order valence-electron chi connectivity index (χ4n) is 1.22. The van der Waals surface area contributed by atoms with Gasteiger partial charge in [-0.3, -0.25) is 9.00 Å². The maximum atomic E-state index is 11.7. The van der Waals surface area contributed by atoms with Crippen LogP contribution in [0, 0.1) is 0 Å². The number of rotatable bonds is 5. The zero-order valence-electron chi connectivity index (χ0n) is 9.77. The van der Waals surface area contributed by atoms with Gasteiger partial charge in [0.05, 0.1) is 0 Å². The predicted molar refractivity (Wildman–Crippen MR) is 72.4 cm³/mol. The first kappa shape index (κ1) is 14.3. The second kappa shape index (κ2) is 6.86. The molecule has 17 heavy (non-hydrogen) atoms. The molecule has 0 aliphatic carbocycles. The molecule has 6 heteroatoms. The van der Waals surface area contributed by atoms with Gasteiger partial charge in [0.15, 0.2) is 0 Å². The number of pyridine rings is 1. The summed E-state index contributed by atoms with van der Waals surface area (Å²) < 4.78 is 11.8. The van der Waals surface area contributed by atoms with Gasteiger partial charge in [0.1, 0.15) is 5.69 Å². The summed E-state index contributed by atoms with van der Waals surface area (Å²) in [5.41, 5.74) is 0.387. The Morgan fingerprint density at radius 2 is 2.29 bits per heavy atom. The second-order valence-electron chi connectivity index (χ2n) is 3.80. The van der Waals surface area contributed by atoms with Crippen molar-refractivity contribution in [2.75, 3.05) is 12.0 Å². The molecule has 0 radical (unpaired) electrons. The zero-order valence-corrected chi connectivity index (χ0v) is 12.2. The highest BCUT2D eigenvalue weighted by Gasteiger charge is 2.10. The van der Waals surface area contributed by atoms with Gasteiger partial charge in [-0.2, -0.15) is 0 Å². The molecule has 0 aliphatic rings. The molecule has 2 unspecified atom stereocenters. The van der Waals surface area contributed by atoms with Crippen LogP contribution < -0.4 is 5.32 Å². The summed E-state index contributed by atoms with van der Waals surface area (Å²) >= 11 is 3.26. The Bertz CT molecular complexity index is 408. The summed E-state index contributed by atoms with van der Waals surface area (Å²) in [4.78, 5) is 15.8. The van der Waals surface area contributed by atoms with E-state index in [-0.39, 0.29) is 11.9 Å². The van der Waals surface area contributed by atoms with E-state index in [9.17, 15) is 9.00 Å². The standard InChI is InChI=1S/C11H15BrN2O2S/c1-8(5-6-17(2)16)14-11(15)10-4-3-9(12)7-13-10/h3-4,7-8H,5-6H2,1-2H3,(H,14,15). The monoisotopic (exact) mass is 318 g/mol. The van der Waals surface area contributed by atoms with E-state index in [0.717, 1.165) is 4.47 Å². The summed E-state index contributed by atoms with van der Waals surface area (Å²) in [5, 5.41) is 2.82. The van der Waals surface area contributed by atoms with Gasteiger partial charge in [-0.1, -0.05) is 0 Å². The Morgan fingerprint density at radius 1 is 1.59 bits per heavy atom. The van der Waals surface area contributed by atoms with Crippen LogP contribution in [0.3, 0.4) is 0 Å². The van der Waals surface area contributed by atoms with Crippen LogP contribution in [0.5, 0.6) is 0 Å². The van der Waals surface area contributed by atoms with E-state index in [1.807, 2.05) is 6.92 Å². The molecule has 0 aromatic carbocycles. The largest absolute Gasteiger partial charge is 0.348 e. The van der Waals surface area contributed by atoms with Crippen LogP contribution in [0.4, 0.5) is 0 Å². The highest BCUT2D eigenvalue weighted by Crippen LogP contribution is 2.07. The molecule has 0 bridgehead atoms. The molecule has 1 amide bonds. The lowest BCUT2D eigenvalue weighted by Crippen LogP contribution is -2.34. The lowest BCUT2D eigenvalue weighted by atomic mass is 10.2. The first-order valence-corrected chi connectivity index (χ1v) is 7.73. The predicted octanol–water partition coefficient (Wildman–Crippen LogP) is 1.73. The summed E-state index contributed by atoms with van der Waals surface area (Å²) in [5.74, 6) is 0.391. The molecule has 0 saturated carbocycles. The lowest BCUT2D eigenvalue weighted by molar-refractivity contribution is 0.0934. The van der Waals surface area contributed by atoms with E-state index in [4.69, 9.17) is 0 Å². The topological polar surface area (TPSA) is 59.1 Å². The van der Waals surface area contributed by atoms with E-state index >= 15 is 0 Å². The van der Waals surface area contributed by atoms with Crippen LogP contribution in [0.1, 0.15) is 23.8 Å². The number of carbonyl (C=O) groups excluding carboxylic acids is 1. The van der Waals surface area contributed by atoms with Gasteiger partial charge in [-0.15, -0.1) is 0 Å². The summed E-state index contributed by atoms with van der Waals surface area (Å²) in [7, 11) is -0.822. The van der Waals surface area contributed by atoms with Crippen molar-refractivity contribution in [3.8, 4) is 0 Å². The van der Waals surface area contributed by atoms with Crippen LogP contribution in [0.2, 0.25) is 0 Å². The Balaban J connectivity index is 2.48. The molecule has 94 valence electrons. The molecule has 4 nitrogen and oxygen atoms in total. The lowest BCUT2D eigenvalue weighted by Gasteiger charge is -2.12. The van der Waals surface area contributed by atoms with Crippen molar-refractivity contribution in [2.45, 2.75) is 19.4 Å². The number of hydrogen-bond donors (Lipinski definition) is 1. The van der Waals surface area contributed by atoms with Crippen LogP contribution in [0.25, 0.3) is 0 Å². The molecule has 0 fully saturated rings. The molecule has 0 saturated heterocycles. The Kier molecular flexibility index (Phi) is 5.77. The van der Waals surface area contributed by atoms with E-state index in [1.165, 1.54) is 0 Å². The van der Waals surface area contributed by atoms with Crippen LogP contribution in [-0.2, 0) is 10.8 Å². The average Bonchev–Trinajstić information content (AvgIpc) is 2.27. The third kappa shape index (κ3) is 5.41. The minimum Gasteiger partial charge on any atom is -0.348 e. The maximum absolute atomic E-state index is 11.7. The number of nitrogens with one attached hydrogen (secondary N) is 1. The van der Waals surface area contributed by atoms with Crippen LogP contribution >= 0.6 is 15.9 Å². The average molecular weight is 319 g/mol. The number of carbonyl (C=O) groups is 1. The van der Waals surface area contributed by atoms with E-state index in [0.29, 0.717) is 17.9 Å². The van der Waals surface area contributed by atoms with Crippen molar-refractivity contribution in [1.29, 1.82) is 0 Å². The Labute approximate surface area is 112 Å². The third-order valence-corrected chi connectivity index (χ3v) is 3.46. The number of aromatic nitrogens is 1. The van der Waals surface area contributed by atoms with Crippen molar-refractivity contribution in [2.24, 2.45) is 0 Å². The van der Waals surface area contributed by atoms with Crippen LogP contribution in [0.15, 0.2) is 22.8 Å². The minimum absolute atomic E-state index is 0.00292. The van der Waals surface area contributed by atoms with Gasteiger partial charge in [-0.05, 0) is 41.4 Å². The first-order valence-electron chi connectivity index (χ1n) is 5.21. The molecule has 1 N–H and O–H groups in total. The van der Waals surface area contributed by atoms with Gasteiger partial charge < -0.3 is 5.32 Å². The van der Waals surface area contributed by atoms with Crippen molar-refractivity contribution in [3.05, 3.63) is 28.5 Å². The van der Waals surface area contributed by atoms with E-state index < -0.39 is 10.8 Å². The quantitative estimate of drug-likeness (QED) is 0.899. The van der Waals surface area contributed by atoms with Crippen molar-refractivity contribution in [3.63, 3.8) is 0 Å². The van der Waals surface area contributed by atoms with Gasteiger partial charge in [0, 0.05) is 39.5 Å². The molecule has 2 atom stereocenters. The molecule has 1 rings (SSSR count). The van der Waals surface area contributed by atoms with Gasteiger partial charge in [0.2, 0.25) is 0 Å². The van der Waals surface area contributed by atoms with Crippen molar-refractivity contribution in [1.82, 2.24) is 10.3 Å². The number of halogens is 1. The fraction of sp³-hybridized carbons (Fsp3) is 0.455. The molecule has 1 heterocycles. The van der Waals surface area contributed by atoms with Gasteiger partial charge in [0.25, 0.3) is 5.91 Å². The van der Waals surface area contributed by atoms with E-state index in [1.54, 1.807) is 24.6 Å². The smallest absolute Gasteiger partial charge is 0.270 e. The minimum atomic E-state index is -0.822. The van der Waals surface area contributed by atoms with Gasteiger partial charge in [-0.25, -0.2) is 4.98 Å². The molecular weight excluding hydrogens is 304 g/mol. The molecule has 1 aromatic rings. The fourth-order valence-corrected chi connectivity index (χ4v) is 2.14. The van der Waals surface area contributed by atoms with Crippen molar-refractivity contribution < 1.29 is 9.00 Å². The normalized spacial score (nSPS) is 14.1. The summed E-state index contributed by atoms with van der Waals surface area (Å²) in [6, 6.07) is 3.43. The van der Waals surface area contributed by atoms with Crippen LogP contribution in [-0.4, -0.2) is 33.2 Å². The third-order valence-electron chi connectivity index (χ3n) is 2.18. The second-order valence-corrected chi connectivity index (χ2v) is 6.27. The highest BCUT2D eigenvalue weighted by atomic mass is 79.9. The van der Waals surface area contributed by atoms with E-state index in [2.05, 4.69) is 26.2 Å². The molecule has 0 aliphatic heterocycles. The van der Waals surface area contributed by atoms with Crippen molar-refractivity contribution >= 4 is 32.6 Å². The first-order chi connectivity index (χ1) is 7.99. The number of hydrogen-bond acceptors (Lipinski definition) is 3. The molecular formula is C11H15BrN2O2S. The maximum Gasteiger partial charge on any atom is 0.270 e. The number of amides is 1. The highest BCUT2D eigenvalue weighted by molar-refractivity contribution is 9.10. The Hall–Kier alpha value is -0.750. The summed E-state index contributed by atoms with van der Waals surface area (Å²) in [6.07, 6.45) is 3.94. The molecule has 1 aromatic heterocycles.